The highest BCUT2D eigenvalue weighted by Crippen LogP contribution is 2.19. The Bertz CT molecular complexity index is 720. The molecule has 134 valence electrons. The second-order valence-electron chi connectivity index (χ2n) is 5.47. The molecule has 0 heterocycles. The monoisotopic (exact) mass is 345 g/mol. The molecule has 0 atom stereocenters. The van der Waals surface area contributed by atoms with Crippen molar-refractivity contribution >= 4 is 5.96 Å². The zero-order chi connectivity index (χ0) is 18.1. The molecular formula is C19H24FN3O2. The number of nitrogens with one attached hydrogen (secondary N) is 2. The Kier molecular flexibility index (Phi) is 7.07. The lowest BCUT2D eigenvalue weighted by molar-refractivity contribution is 0.320. The van der Waals surface area contributed by atoms with E-state index in [0.717, 1.165) is 16.9 Å². The fourth-order valence-electron chi connectivity index (χ4n) is 2.29. The molecule has 2 aromatic carbocycles. The zero-order valence-corrected chi connectivity index (χ0v) is 14.8. The summed E-state index contributed by atoms with van der Waals surface area (Å²) in [4.78, 5) is 4.17. The van der Waals surface area contributed by atoms with E-state index in [1.807, 2.05) is 25.1 Å². The Labute approximate surface area is 147 Å². The zero-order valence-electron chi connectivity index (χ0n) is 14.8. The van der Waals surface area contributed by atoms with Crippen LogP contribution in [0.15, 0.2) is 47.5 Å². The third kappa shape index (κ3) is 5.99. The van der Waals surface area contributed by atoms with E-state index in [-0.39, 0.29) is 5.82 Å². The maximum atomic E-state index is 13.1. The highest BCUT2D eigenvalue weighted by atomic mass is 19.1. The van der Waals surface area contributed by atoms with Crippen LogP contribution in [-0.4, -0.2) is 33.3 Å². The van der Waals surface area contributed by atoms with Gasteiger partial charge < -0.3 is 20.1 Å². The summed E-state index contributed by atoms with van der Waals surface area (Å²) in [6, 6.07) is 12.2. The molecule has 0 aliphatic rings. The molecule has 0 unspecified atom stereocenters. The van der Waals surface area contributed by atoms with Crippen LogP contribution in [0.3, 0.4) is 0 Å². The SMILES string of the molecule is CN=C(NCCOc1cccc(F)c1)NCc1ccc(C)cc1OC. The van der Waals surface area contributed by atoms with Crippen LogP contribution in [-0.2, 0) is 6.54 Å². The van der Waals surface area contributed by atoms with E-state index >= 15 is 0 Å². The number of guanidine groups is 1. The maximum absolute atomic E-state index is 13.1. The maximum Gasteiger partial charge on any atom is 0.191 e. The predicted molar refractivity (Wildman–Crippen MR) is 97.8 cm³/mol. The van der Waals surface area contributed by atoms with E-state index in [2.05, 4.69) is 15.6 Å². The number of methoxy groups -OCH3 is 1. The number of ether oxygens (including phenoxy) is 2. The quantitative estimate of drug-likeness (QED) is 0.460. The van der Waals surface area contributed by atoms with Gasteiger partial charge in [0.1, 0.15) is 23.9 Å². The first-order chi connectivity index (χ1) is 12.1. The van der Waals surface area contributed by atoms with E-state index in [1.165, 1.54) is 12.1 Å². The van der Waals surface area contributed by atoms with Gasteiger partial charge in [-0.15, -0.1) is 0 Å². The average Bonchev–Trinajstić information content (AvgIpc) is 2.62. The molecule has 0 saturated carbocycles. The Morgan fingerprint density at radius 2 is 2.00 bits per heavy atom. The minimum Gasteiger partial charge on any atom is -0.496 e. The molecule has 0 aliphatic carbocycles. The van der Waals surface area contributed by atoms with Gasteiger partial charge in [0.05, 0.1) is 13.7 Å². The van der Waals surface area contributed by atoms with Crippen molar-refractivity contribution in [1.82, 2.24) is 10.6 Å². The molecule has 0 amide bonds. The van der Waals surface area contributed by atoms with Crippen molar-refractivity contribution < 1.29 is 13.9 Å². The van der Waals surface area contributed by atoms with E-state index < -0.39 is 0 Å². The summed E-state index contributed by atoms with van der Waals surface area (Å²) >= 11 is 0. The van der Waals surface area contributed by atoms with Crippen molar-refractivity contribution in [3.63, 3.8) is 0 Å². The molecule has 6 heteroatoms. The third-order valence-corrected chi connectivity index (χ3v) is 3.57. The highest BCUT2D eigenvalue weighted by Gasteiger charge is 2.04. The summed E-state index contributed by atoms with van der Waals surface area (Å²) in [5.41, 5.74) is 2.20. The van der Waals surface area contributed by atoms with Crippen molar-refractivity contribution in [2.45, 2.75) is 13.5 Å². The number of hydrogen-bond acceptors (Lipinski definition) is 3. The van der Waals surface area contributed by atoms with Crippen LogP contribution in [0.4, 0.5) is 4.39 Å². The highest BCUT2D eigenvalue weighted by molar-refractivity contribution is 5.79. The molecule has 5 nitrogen and oxygen atoms in total. The van der Waals surface area contributed by atoms with Gasteiger partial charge in [-0.25, -0.2) is 4.39 Å². The van der Waals surface area contributed by atoms with Crippen LogP contribution in [0.5, 0.6) is 11.5 Å². The van der Waals surface area contributed by atoms with Crippen LogP contribution in [0.25, 0.3) is 0 Å². The van der Waals surface area contributed by atoms with Crippen molar-refractivity contribution in [3.05, 3.63) is 59.4 Å². The Morgan fingerprint density at radius 1 is 1.16 bits per heavy atom. The summed E-state index contributed by atoms with van der Waals surface area (Å²) < 4.78 is 24.0. The van der Waals surface area contributed by atoms with Gasteiger partial charge in [0.25, 0.3) is 0 Å². The molecule has 0 radical (unpaired) electrons. The van der Waals surface area contributed by atoms with E-state index in [4.69, 9.17) is 9.47 Å². The second-order valence-corrected chi connectivity index (χ2v) is 5.47. The van der Waals surface area contributed by atoms with Gasteiger partial charge in [-0.05, 0) is 30.7 Å². The van der Waals surface area contributed by atoms with Crippen molar-refractivity contribution in [2.24, 2.45) is 4.99 Å². The van der Waals surface area contributed by atoms with E-state index in [0.29, 0.717) is 31.4 Å². The number of aliphatic imine (C=N–C) groups is 1. The largest absolute Gasteiger partial charge is 0.496 e. The molecule has 2 aromatic rings. The van der Waals surface area contributed by atoms with Gasteiger partial charge in [-0.1, -0.05) is 18.2 Å². The van der Waals surface area contributed by atoms with Crippen LogP contribution in [0, 0.1) is 12.7 Å². The van der Waals surface area contributed by atoms with Crippen molar-refractivity contribution in [2.75, 3.05) is 27.3 Å². The van der Waals surface area contributed by atoms with Gasteiger partial charge in [-0.3, -0.25) is 4.99 Å². The summed E-state index contributed by atoms with van der Waals surface area (Å²) in [5.74, 6) is 1.70. The normalized spacial score (nSPS) is 11.1. The van der Waals surface area contributed by atoms with Crippen LogP contribution in [0.1, 0.15) is 11.1 Å². The fourth-order valence-corrected chi connectivity index (χ4v) is 2.29. The molecular weight excluding hydrogens is 321 g/mol. The smallest absolute Gasteiger partial charge is 0.191 e. The number of hydrogen-bond donors (Lipinski definition) is 2. The minimum absolute atomic E-state index is 0.310. The molecule has 0 bridgehead atoms. The lowest BCUT2D eigenvalue weighted by Crippen LogP contribution is -2.38. The summed E-state index contributed by atoms with van der Waals surface area (Å²) in [6.45, 7) is 3.56. The number of nitrogens with zero attached hydrogens (tertiary/aromatic N) is 1. The second kappa shape index (κ2) is 9.52. The predicted octanol–water partition coefficient (Wildman–Crippen LogP) is 2.89. The average molecular weight is 345 g/mol. The molecule has 0 fully saturated rings. The van der Waals surface area contributed by atoms with Crippen LogP contribution in [0.2, 0.25) is 0 Å². The topological polar surface area (TPSA) is 54.9 Å². The van der Waals surface area contributed by atoms with Gasteiger partial charge in [0.15, 0.2) is 5.96 Å². The molecule has 0 aromatic heterocycles. The first kappa shape index (κ1) is 18.6. The van der Waals surface area contributed by atoms with Crippen molar-refractivity contribution in [1.29, 1.82) is 0 Å². The number of aryl methyl sites for hydroxylation is 1. The first-order valence-corrected chi connectivity index (χ1v) is 8.09. The van der Waals surface area contributed by atoms with Gasteiger partial charge in [0, 0.05) is 25.2 Å². The molecule has 2 rings (SSSR count). The summed E-state index contributed by atoms with van der Waals surface area (Å²) in [7, 11) is 3.37. The van der Waals surface area contributed by atoms with Gasteiger partial charge >= 0.3 is 0 Å². The third-order valence-electron chi connectivity index (χ3n) is 3.57. The first-order valence-electron chi connectivity index (χ1n) is 8.09. The molecule has 2 N–H and O–H groups in total. The number of benzene rings is 2. The van der Waals surface area contributed by atoms with Crippen LogP contribution < -0.4 is 20.1 Å². The van der Waals surface area contributed by atoms with E-state index in [1.54, 1.807) is 26.3 Å². The van der Waals surface area contributed by atoms with Gasteiger partial charge in [0.2, 0.25) is 0 Å². The lowest BCUT2D eigenvalue weighted by atomic mass is 10.1. The molecule has 0 spiro atoms. The van der Waals surface area contributed by atoms with E-state index in [9.17, 15) is 4.39 Å². The standard InChI is InChI=1S/C19H24FN3O2/c1-14-7-8-15(18(11-14)24-3)13-23-19(21-2)22-9-10-25-17-6-4-5-16(20)12-17/h4-8,11-12H,9-10,13H2,1-3H3,(H2,21,22,23). The van der Waals surface area contributed by atoms with Gasteiger partial charge in [-0.2, -0.15) is 0 Å². The molecule has 25 heavy (non-hydrogen) atoms. The fraction of sp³-hybridized carbons (Fsp3) is 0.316. The number of rotatable bonds is 7. The lowest BCUT2D eigenvalue weighted by Gasteiger charge is -2.14. The molecule has 0 saturated heterocycles. The van der Waals surface area contributed by atoms with Crippen molar-refractivity contribution in [3.8, 4) is 11.5 Å². The van der Waals surface area contributed by atoms with Crippen LogP contribution >= 0.6 is 0 Å². The minimum atomic E-state index is -0.310. The Balaban J connectivity index is 1.77. The Morgan fingerprint density at radius 3 is 2.72 bits per heavy atom. The summed E-state index contributed by atoms with van der Waals surface area (Å²) in [5, 5.41) is 6.38. The summed E-state index contributed by atoms with van der Waals surface area (Å²) in [6.07, 6.45) is 0. The number of halogens is 1. The Hall–Kier alpha value is -2.76. The molecule has 0 aliphatic heterocycles.